The predicted octanol–water partition coefficient (Wildman–Crippen LogP) is 2.25. The topological polar surface area (TPSA) is 75.4 Å². The van der Waals surface area contributed by atoms with Gasteiger partial charge in [0.2, 0.25) is 5.91 Å². The second-order valence-corrected chi connectivity index (χ2v) is 6.82. The van der Waals surface area contributed by atoms with Gasteiger partial charge in [-0.3, -0.25) is 19.1 Å². The fraction of sp³-hybridized carbons (Fsp3) is 0.368. The Morgan fingerprint density at radius 2 is 1.96 bits per heavy atom. The van der Waals surface area contributed by atoms with Gasteiger partial charge < -0.3 is 5.32 Å². The Balaban J connectivity index is 1.34. The first-order chi connectivity index (χ1) is 12.7. The van der Waals surface area contributed by atoms with E-state index in [4.69, 9.17) is 0 Å². The lowest BCUT2D eigenvalue weighted by molar-refractivity contribution is -0.117. The van der Waals surface area contributed by atoms with E-state index in [0.717, 1.165) is 43.1 Å². The van der Waals surface area contributed by atoms with Crippen molar-refractivity contribution < 1.29 is 4.79 Å². The van der Waals surface area contributed by atoms with Gasteiger partial charge in [-0.1, -0.05) is 0 Å². The molecule has 7 nitrogen and oxygen atoms in total. The maximum absolute atomic E-state index is 12.2. The second kappa shape index (κ2) is 7.21. The smallest absolute Gasteiger partial charge is 0.238 e. The van der Waals surface area contributed by atoms with Gasteiger partial charge in [-0.05, 0) is 62.7 Å². The number of hydrogen-bond donors (Lipinski definition) is 1. The van der Waals surface area contributed by atoms with Crippen LogP contribution in [0.1, 0.15) is 30.1 Å². The highest BCUT2D eigenvalue weighted by atomic mass is 16.2. The molecule has 1 N–H and O–H groups in total. The zero-order valence-corrected chi connectivity index (χ0v) is 14.8. The fourth-order valence-electron chi connectivity index (χ4n) is 3.48. The van der Waals surface area contributed by atoms with Crippen LogP contribution in [0, 0.1) is 6.92 Å². The van der Waals surface area contributed by atoms with Gasteiger partial charge in [-0.2, -0.15) is 0 Å². The second-order valence-electron chi connectivity index (χ2n) is 6.82. The molecule has 0 bridgehead atoms. The molecule has 0 aliphatic carbocycles. The number of anilines is 1. The van der Waals surface area contributed by atoms with Gasteiger partial charge in [0.15, 0.2) is 5.65 Å². The highest BCUT2D eigenvalue weighted by Gasteiger charge is 2.25. The molecular formula is C19H22N6O. The third-order valence-electron chi connectivity index (χ3n) is 4.88. The minimum absolute atomic E-state index is 0.0121. The molecule has 26 heavy (non-hydrogen) atoms. The van der Waals surface area contributed by atoms with Crippen LogP contribution in [0.15, 0.2) is 42.9 Å². The van der Waals surface area contributed by atoms with E-state index in [1.165, 1.54) is 5.56 Å². The molecule has 1 aliphatic rings. The zero-order valence-electron chi connectivity index (χ0n) is 14.8. The Morgan fingerprint density at radius 1 is 1.19 bits per heavy atom. The summed E-state index contributed by atoms with van der Waals surface area (Å²) in [6.45, 7) is 4.24. The molecule has 3 aromatic heterocycles. The van der Waals surface area contributed by atoms with Gasteiger partial charge in [0.1, 0.15) is 5.82 Å². The number of fused-ring (bicyclic) bond motifs is 1. The van der Waals surface area contributed by atoms with Crippen molar-refractivity contribution in [3.63, 3.8) is 0 Å². The number of carbonyl (C=O) groups excluding carboxylic acids is 1. The summed E-state index contributed by atoms with van der Waals surface area (Å²) < 4.78 is 2.09. The summed E-state index contributed by atoms with van der Waals surface area (Å²) in [5, 5.41) is 11.6. The monoisotopic (exact) mass is 350 g/mol. The van der Waals surface area contributed by atoms with E-state index in [-0.39, 0.29) is 5.91 Å². The zero-order chi connectivity index (χ0) is 17.9. The lowest BCUT2D eigenvalue weighted by Gasteiger charge is -2.30. The van der Waals surface area contributed by atoms with Crippen LogP contribution in [0.5, 0.6) is 0 Å². The van der Waals surface area contributed by atoms with Crippen LogP contribution in [0.2, 0.25) is 0 Å². The van der Waals surface area contributed by atoms with Crippen molar-refractivity contribution in [2.75, 3.05) is 25.0 Å². The summed E-state index contributed by atoms with van der Waals surface area (Å²) in [5.74, 6) is 1.42. The highest BCUT2D eigenvalue weighted by molar-refractivity contribution is 5.92. The lowest BCUT2D eigenvalue weighted by Crippen LogP contribution is -2.39. The minimum Gasteiger partial charge on any atom is -0.325 e. The van der Waals surface area contributed by atoms with Gasteiger partial charge in [0.05, 0.1) is 6.54 Å². The summed E-state index contributed by atoms with van der Waals surface area (Å²) >= 11 is 0. The number of rotatable bonds is 4. The number of aryl methyl sites for hydroxylation is 1. The standard InChI is InChI=1S/C19H22N6O/c1-14-4-11-25-17(12-14)22-23-19(25)15-5-9-24(10-6-15)13-18(26)21-16-2-7-20-8-3-16/h2-4,7-8,11-12,15H,5-6,9-10,13H2,1H3,(H,20,21,26). The molecule has 0 atom stereocenters. The SMILES string of the molecule is Cc1ccn2c(C3CCN(CC(=O)Nc4ccncc4)CC3)nnc2c1. The molecule has 0 unspecified atom stereocenters. The number of likely N-dealkylation sites (tertiary alicyclic amines) is 1. The average Bonchev–Trinajstić information content (AvgIpc) is 3.06. The van der Waals surface area contributed by atoms with E-state index in [1.807, 2.05) is 0 Å². The van der Waals surface area contributed by atoms with E-state index >= 15 is 0 Å². The molecule has 1 aliphatic heterocycles. The highest BCUT2D eigenvalue weighted by Crippen LogP contribution is 2.27. The van der Waals surface area contributed by atoms with Crippen molar-refractivity contribution in [2.45, 2.75) is 25.7 Å². The van der Waals surface area contributed by atoms with Crippen LogP contribution in [-0.2, 0) is 4.79 Å². The molecule has 1 saturated heterocycles. The summed E-state index contributed by atoms with van der Waals surface area (Å²) in [6, 6.07) is 7.72. The number of piperidine rings is 1. The van der Waals surface area contributed by atoms with E-state index in [1.54, 1.807) is 24.5 Å². The van der Waals surface area contributed by atoms with Crippen molar-refractivity contribution in [1.82, 2.24) is 24.5 Å². The van der Waals surface area contributed by atoms with Crippen LogP contribution in [0.25, 0.3) is 5.65 Å². The van der Waals surface area contributed by atoms with Gasteiger partial charge in [-0.15, -0.1) is 10.2 Å². The number of pyridine rings is 2. The summed E-state index contributed by atoms with van der Waals surface area (Å²) in [5.41, 5.74) is 2.87. The van der Waals surface area contributed by atoms with E-state index < -0.39 is 0 Å². The van der Waals surface area contributed by atoms with Gasteiger partial charge in [0, 0.05) is 30.2 Å². The molecule has 4 rings (SSSR count). The number of aromatic nitrogens is 4. The number of amides is 1. The van der Waals surface area contributed by atoms with Gasteiger partial charge >= 0.3 is 0 Å². The quantitative estimate of drug-likeness (QED) is 0.781. The van der Waals surface area contributed by atoms with Crippen LogP contribution in [0.3, 0.4) is 0 Å². The van der Waals surface area contributed by atoms with Crippen molar-refractivity contribution in [1.29, 1.82) is 0 Å². The summed E-state index contributed by atoms with van der Waals surface area (Å²) in [7, 11) is 0. The Bertz CT molecular complexity index is 899. The average molecular weight is 350 g/mol. The predicted molar refractivity (Wildman–Crippen MR) is 99.0 cm³/mol. The third kappa shape index (κ3) is 3.57. The van der Waals surface area contributed by atoms with Crippen LogP contribution in [0.4, 0.5) is 5.69 Å². The maximum atomic E-state index is 12.2. The summed E-state index contributed by atoms with van der Waals surface area (Å²) in [6.07, 6.45) is 7.36. The minimum atomic E-state index is 0.0121. The molecule has 0 radical (unpaired) electrons. The molecular weight excluding hydrogens is 328 g/mol. The number of nitrogens with one attached hydrogen (secondary N) is 1. The molecule has 134 valence electrons. The Kier molecular flexibility index (Phi) is 4.62. The Hall–Kier alpha value is -2.80. The van der Waals surface area contributed by atoms with E-state index in [9.17, 15) is 4.79 Å². The molecule has 3 aromatic rings. The van der Waals surface area contributed by atoms with Crippen molar-refractivity contribution in [3.05, 3.63) is 54.2 Å². The number of carbonyl (C=O) groups is 1. The first-order valence-corrected chi connectivity index (χ1v) is 8.92. The lowest BCUT2D eigenvalue weighted by atomic mass is 9.96. The number of hydrogen-bond acceptors (Lipinski definition) is 5. The molecule has 1 amide bonds. The molecule has 7 heteroatoms. The maximum Gasteiger partial charge on any atom is 0.238 e. The summed E-state index contributed by atoms with van der Waals surface area (Å²) in [4.78, 5) is 18.3. The third-order valence-corrected chi connectivity index (χ3v) is 4.88. The molecule has 0 spiro atoms. The first-order valence-electron chi connectivity index (χ1n) is 8.92. The normalized spacial score (nSPS) is 16.0. The Morgan fingerprint density at radius 3 is 2.73 bits per heavy atom. The van der Waals surface area contributed by atoms with Crippen molar-refractivity contribution >= 4 is 17.2 Å². The van der Waals surface area contributed by atoms with Crippen molar-refractivity contribution in [2.24, 2.45) is 0 Å². The van der Waals surface area contributed by atoms with Crippen LogP contribution >= 0.6 is 0 Å². The van der Waals surface area contributed by atoms with Gasteiger partial charge in [0.25, 0.3) is 0 Å². The van der Waals surface area contributed by atoms with Crippen LogP contribution < -0.4 is 5.32 Å². The van der Waals surface area contributed by atoms with Crippen molar-refractivity contribution in [3.8, 4) is 0 Å². The fourth-order valence-corrected chi connectivity index (χ4v) is 3.48. The Labute approximate surface area is 152 Å². The van der Waals surface area contributed by atoms with Crippen LogP contribution in [-0.4, -0.2) is 50.0 Å². The molecule has 1 fully saturated rings. The first kappa shape index (κ1) is 16.7. The largest absolute Gasteiger partial charge is 0.325 e. The van der Waals surface area contributed by atoms with E-state index in [2.05, 4.69) is 55.1 Å². The molecule has 4 heterocycles. The molecule has 0 aromatic carbocycles. The van der Waals surface area contributed by atoms with Gasteiger partial charge in [-0.25, -0.2) is 0 Å². The number of nitrogens with zero attached hydrogens (tertiary/aromatic N) is 5. The van der Waals surface area contributed by atoms with E-state index in [0.29, 0.717) is 12.5 Å². The molecule has 0 saturated carbocycles.